The van der Waals surface area contributed by atoms with Crippen LogP contribution in [0.15, 0.2) is 45.5 Å². The summed E-state index contributed by atoms with van der Waals surface area (Å²) >= 11 is 3.49. The molecule has 5 nitrogen and oxygen atoms in total. The average molecular weight is 331 g/mol. The highest BCUT2D eigenvalue weighted by atomic mass is 79.9. The number of halogens is 1. The number of rotatable bonds is 2. The van der Waals surface area contributed by atoms with Gasteiger partial charge in [-0.25, -0.2) is 4.98 Å². The molecule has 20 heavy (non-hydrogen) atoms. The van der Waals surface area contributed by atoms with Gasteiger partial charge in [0.05, 0.1) is 5.56 Å². The van der Waals surface area contributed by atoms with Crippen molar-refractivity contribution in [2.45, 2.75) is 6.92 Å². The molecule has 1 aromatic carbocycles. The molecule has 0 saturated heterocycles. The van der Waals surface area contributed by atoms with E-state index < -0.39 is 0 Å². The van der Waals surface area contributed by atoms with E-state index in [1.807, 2.05) is 25.1 Å². The zero-order valence-electron chi connectivity index (χ0n) is 10.7. The molecule has 0 spiro atoms. The van der Waals surface area contributed by atoms with Crippen molar-refractivity contribution in [1.29, 1.82) is 0 Å². The van der Waals surface area contributed by atoms with Gasteiger partial charge in [0.1, 0.15) is 5.82 Å². The molecule has 3 aromatic rings. The minimum atomic E-state index is 0.421. The maximum atomic E-state index is 5.55. The summed E-state index contributed by atoms with van der Waals surface area (Å²) in [6.07, 6.45) is 1.61. The Balaban J connectivity index is 1.97. The van der Waals surface area contributed by atoms with Gasteiger partial charge < -0.3 is 10.3 Å². The summed E-state index contributed by atoms with van der Waals surface area (Å²) in [6, 6.07) is 9.41. The maximum Gasteiger partial charge on any atom is 0.259 e. The molecule has 0 saturated carbocycles. The van der Waals surface area contributed by atoms with E-state index in [2.05, 4.69) is 31.1 Å². The van der Waals surface area contributed by atoms with Gasteiger partial charge in [-0.2, -0.15) is 4.98 Å². The normalized spacial score (nSPS) is 10.7. The molecular formula is C14H11BrN4O. The SMILES string of the molecule is Cc1ccc(-c2noc(-c3ccc(N)nc3)n2)cc1Br. The molecule has 0 bridgehead atoms. The van der Waals surface area contributed by atoms with Gasteiger partial charge in [-0.05, 0) is 30.7 Å². The van der Waals surface area contributed by atoms with Crippen molar-refractivity contribution in [3.05, 3.63) is 46.6 Å². The van der Waals surface area contributed by atoms with Crippen LogP contribution in [-0.4, -0.2) is 15.1 Å². The molecule has 2 N–H and O–H groups in total. The van der Waals surface area contributed by atoms with Gasteiger partial charge >= 0.3 is 0 Å². The van der Waals surface area contributed by atoms with E-state index in [9.17, 15) is 0 Å². The number of benzene rings is 1. The van der Waals surface area contributed by atoms with Crippen LogP contribution in [0, 0.1) is 6.92 Å². The number of hydrogen-bond donors (Lipinski definition) is 1. The molecule has 2 aromatic heterocycles. The summed E-state index contributed by atoms with van der Waals surface area (Å²) in [5.74, 6) is 1.41. The highest BCUT2D eigenvalue weighted by Crippen LogP contribution is 2.26. The monoisotopic (exact) mass is 330 g/mol. The molecule has 0 fully saturated rings. The van der Waals surface area contributed by atoms with Gasteiger partial charge in [0.15, 0.2) is 0 Å². The van der Waals surface area contributed by atoms with Crippen LogP contribution in [0.2, 0.25) is 0 Å². The first kappa shape index (κ1) is 12.8. The molecule has 6 heteroatoms. The predicted octanol–water partition coefficient (Wildman–Crippen LogP) is 3.45. The zero-order chi connectivity index (χ0) is 14.1. The Morgan fingerprint density at radius 1 is 1.15 bits per heavy atom. The van der Waals surface area contributed by atoms with Gasteiger partial charge in [-0.3, -0.25) is 0 Å². The lowest BCUT2D eigenvalue weighted by molar-refractivity contribution is 0.432. The second-order valence-corrected chi connectivity index (χ2v) is 5.21. The number of pyridine rings is 1. The lowest BCUT2D eigenvalue weighted by Gasteiger charge is -1.99. The lowest BCUT2D eigenvalue weighted by atomic mass is 10.1. The number of aryl methyl sites for hydroxylation is 1. The van der Waals surface area contributed by atoms with Crippen molar-refractivity contribution in [1.82, 2.24) is 15.1 Å². The number of nitrogens with two attached hydrogens (primary N) is 1. The minimum Gasteiger partial charge on any atom is -0.384 e. The van der Waals surface area contributed by atoms with Crippen LogP contribution in [0.25, 0.3) is 22.8 Å². The summed E-state index contributed by atoms with van der Waals surface area (Å²) in [5, 5.41) is 3.99. The van der Waals surface area contributed by atoms with E-state index in [0.717, 1.165) is 21.2 Å². The van der Waals surface area contributed by atoms with E-state index in [4.69, 9.17) is 10.3 Å². The van der Waals surface area contributed by atoms with Gasteiger partial charge in [0.25, 0.3) is 5.89 Å². The van der Waals surface area contributed by atoms with Gasteiger partial charge in [0, 0.05) is 16.2 Å². The Hall–Kier alpha value is -2.21. The summed E-state index contributed by atoms with van der Waals surface area (Å²) in [7, 11) is 0. The highest BCUT2D eigenvalue weighted by molar-refractivity contribution is 9.10. The smallest absolute Gasteiger partial charge is 0.259 e. The Morgan fingerprint density at radius 2 is 1.95 bits per heavy atom. The Labute approximate surface area is 124 Å². The summed E-state index contributed by atoms with van der Waals surface area (Å²) in [6.45, 7) is 2.02. The van der Waals surface area contributed by atoms with E-state index in [1.54, 1.807) is 18.3 Å². The second-order valence-electron chi connectivity index (χ2n) is 4.36. The van der Waals surface area contributed by atoms with Crippen LogP contribution >= 0.6 is 15.9 Å². The minimum absolute atomic E-state index is 0.421. The fraction of sp³-hybridized carbons (Fsp3) is 0.0714. The van der Waals surface area contributed by atoms with Crippen LogP contribution in [0.3, 0.4) is 0 Å². The largest absolute Gasteiger partial charge is 0.384 e. The van der Waals surface area contributed by atoms with Crippen molar-refractivity contribution in [3.8, 4) is 22.8 Å². The molecule has 0 aliphatic heterocycles. The van der Waals surface area contributed by atoms with Crippen molar-refractivity contribution >= 4 is 21.7 Å². The summed E-state index contributed by atoms with van der Waals surface area (Å²) in [5.41, 5.74) is 8.33. The average Bonchev–Trinajstić information content (AvgIpc) is 2.92. The molecule has 0 amide bonds. The van der Waals surface area contributed by atoms with E-state index >= 15 is 0 Å². The van der Waals surface area contributed by atoms with Gasteiger partial charge in [-0.1, -0.05) is 33.2 Å². The van der Waals surface area contributed by atoms with Gasteiger partial charge in [0.2, 0.25) is 5.82 Å². The standard InChI is InChI=1S/C14H11BrN4O/c1-8-2-3-9(6-11(8)15)13-18-14(20-19-13)10-4-5-12(16)17-7-10/h2-7H,1H3,(H2,16,17). The number of anilines is 1. The van der Waals surface area contributed by atoms with Crippen molar-refractivity contribution < 1.29 is 4.52 Å². The van der Waals surface area contributed by atoms with Crippen molar-refractivity contribution in [2.75, 3.05) is 5.73 Å². The first-order valence-electron chi connectivity index (χ1n) is 5.95. The molecule has 0 unspecified atom stereocenters. The predicted molar refractivity (Wildman–Crippen MR) is 79.8 cm³/mol. The number of nitrogen functional groups attached to an aromatic ring is 1. The number of hydrogen-bond acceptors (Lipinski definition) is 5. The van der Waals surface area contributed by atoms with Crippen LogP contribution < -0.4 is 5.73 Å². The fourth-order valence-electron chi connectivity index (χ4n) is 1.72. The lowest BCUT2D eigenvalue weighted by Crippen LogP contribution is -1.89. The summed E-state index contributed by atoms with van der Waals surface area (Å²) in [4.78, 5) is 8.38. The molecule has 0 aliphatic carbocycles. The Morgan fingerprint density at radius 3 is 2.65 bits per heavy atom. The molecule has 100 valence electrons. The third kappa shape index (κ3) is 2.42. The number of nitrogens with zero attached hydrogens (tertiary/aromatic N) is 3. The first-order chi connectivity index (χ1) is 9.63. The summed E-state index contributed by atoms with van der Waals surface area (Å²) < 4.78 is 6.27. The Kier molecular flexibility index (Phi) is 3.23. The molecular weight excluding hydrogens is 320 g/mol. The molecule has 0 radical (unpaired) electrons. The molecule has 0 aliphatic rings. The van der Waals surface area contributed by atoms with E-state index in [-0.39, 0.29) is 0 Å². The van der Waals surface area contributed by atoms with Crippen LogP contribution in [0.4, 0.5) is 5.82 Å². The third-order valence-corrected chi connectivity index (χ3v) is 3.74. The third-order valence-electron chi connectivity index (χ3n) is 2.89. The Bertz CT molecular complexity index is 752. The van der Waals surface area contributed by atoms with E-state index in [0.29, 0.717) is 17.5 Å². The first-order valence-corrected chi connectivity index (χ1v) is 6.75. The van der Waals surface area contributed by atoms with Crippen LogP contribution in [0.1, 0.15) is 5.56 Å². The zero-order valence-corrected chi connectivity index (χ0v) is 12.3. The topological polar surface area (TPSA) is 77.8 Å². The van der Waals surface area contributed by atoms with Crippen molar-refractivity contribution in [2.24, 2.45) is 0 Å². The highest BCUT2D eigenvalue weighted by Gasteiger charge is 2.11. The van der Waals surface area contributed by atoms with Gasteiger partial charge in [-0.15, -0.1) is 0 Å². The quantitative estimate of drug-likeness (QED) is 0.778. The molecule has 3 rings (SSSR count). The molecule has 0 atom stereocenters. The van der Waals surface area contributed by atoms with Crippen LogP contribution in [-0.2, 0) is 0 Å². The number of aromatic nitrogens is 3. The fourth-order valence-corrected chi connectivity index (χ4v) is 2.10. The van der Waals surface area contributed by atoms with Crippen molar-refractivity contribution in [3.63, 3.8) is 0 Å². The van der Waals surface area contributed by atoms with E-state index in [1.165, 1.54) is 0 Å². The molecule has 2 heterocycles. The second kappa shape index (κ2) is 5.05. The van der Waals surface area contributed by atoms with Crippen LogP contribution in [0.5, 0.6) is 0 Å². The maximum absolute atomic E-state index is 5.55.